The zero-order valence-corrected chi connectivity index (χ0v) is 30.3. The van der Waals surface area contributed by atoms with Crippen molar-refractivity contribution in [3.63, 3.8) is 0 Å². The van der Waals surface area contributed by atoms with Crippen LogP contribution in [0.15, 0.2) is 123 Å². The Kier molecular flexibility index (Phi) is 13.3. The van der Waals surface area contributed by atoms with Crippen molar-refractivity contribution in [3.05, 3.63) is 131 Å². The predicted molar refractivity (Wildman–Crippen MR) is 199 cm³/mol. The maximum atomic E-state index is 13.8. The van der Waals surface area contributed by atoms with Crippen molar-refractivity contribution in [2.45, 2.75) is 39.4 Å². The second-order valence-electron chi connectivity index (χ2n) is 11.3. The van der Waals surface area contributed by atoms with Gasteiger partial charge in [-0.1, -0.05) is 84.9 Å². The molecule has 272 valence electrons. The molecule has 0 unspecified atom stereocenters. The summed E-state index contributed by atoms with van der Waals surface area (Å²) in [4.78, 5) is 22.7. The molecule has 0 saturated carbocycles. The standard InChI is InChI=1S/C35H34N4O3S3.C2HF3O2/c1-23-11-9-18-29(39-35(40)38-20-19-28(24-12-5-3-6-13-24)25-14-7-4-8-15-25)32(23)26-16-10-17-27(21-26)45(41,42)31-22-30(33(36)37)44-34(31)43-2;3-2(4,5)1(6)7/h3-18,21-22,28H,19-20H2,1-2H3,(H3,36,37)(H2,38,39,40);(H,6,7). The highest BCUT2D eigenvalue weighted by molar-refractivity contribution is 8.01. The molecule has 5 rings (SSSR count). The Bertz CT molecular complexity index is 2100. The third-order valence-corrected chi connectivity index (χ3v) is 12.1. The number of urea groups is 1. The molecule has 15 heteroatoms. The lowest BCUT2D eigenvalue weighted by Gasteiger charge is -2.19. The first kappa shape index (κ1) is 39.7. The van der Waals surface area contributed by atoms with Crippen LogP contribution in [0.5, 0.6) is 0 Å². The van der Waals surface area contributed by atoms with Crippen molar-refractivity contribution >= 4 is 56.5 Å². The maximum Gasteiger partial charge on any atom is 0.490 e. The number of nitrogens with one attached hydrogen (secondary N) is 3. The molecule has 0 bridgehead atoms. The Balaban J connectivity index is 0.000000785. The molecule has 0 aliphatic carbocycles. The molecule has 0 atom stereocenters. The molecule has 1 aromatic heterocycles. The van der Waals surface area contributed by atoms with Gasteiger partial charge in [0, 0.05) is 18.0 Å². The van der Waals surface area contributed by atoms with Crippen LogP contribution < -0.4 is 16.4 Å². The van der Waals surface area contributed by atoms with E-state index in [2.05, 4.69) is 34.9 Å². The van der Waals surface area contributed by atoms with Crippen LogP contribution >= 0.6 is 23.1 Å². The Morgan fingerprint density at radius 1 is 0.923 bits per heavy atom. The molecule has 52 heavy (non-hydrogen) atoms. The number of thioether (sulfide) groups is 1. The van der Waals surface area contributed by atoms with E-state index in [1.54, 1.807) is 24.5 Å². The zero-order chi connectivity index (χ0) is 38.1. The summed E-state index contributed by atoms with van der Waals surface area (Å²) >= 11 is 2.49. The second kappa shape index (κ2) is 17.4. The summed E-state index contributed by atoms with van der Waals surface area (Å²) in [5.74, 6) is -2.80. The third kappa shape index (κ3) is 10.0. The number of carboxylic acids is 1. The molecule has 4 aromatic carbocycles. The molecule has 2 amide bonds. The molecule has 6 N–H and O–H groups in total. The number of thiophene rings is 1. The lowest BCUT2D eigenvalue weighted by molar-refractivity contribution is -0.192. The van der Waals surface area contributed by atoms with Crippen LogP contribution in [-0.2, 0) is 14.6 Å². The number of alkyl halides is 3. The van der Waals surface area contributed by atoms with Gasteiger partial charge < -0.3 is 21.5 Å². The van der Waals surface area contributed by atoms with Gasteiger partial charge >= 0.3 is 18.2 Å². The molecule has 1 heterocycles. The molecule has 0 fully saturated rings. The number of sulfone groups is 1. The van der Waals surface area contributed by atoms with Gasteiger partial charge in [0.1, 0.15) is 5.84 Å². The molecule has 0 aliphatic heterocycles. The van der Waals surface area contributed by atoms with Gasteiger partial charge in [-0.2, -0.15) is 13.2 Å². The Morgan fingerprint density at radius 2 is 1.50 bits per heavy atom. The molecule has 0 saturated heterocycles. The van der Waals surface area contributed by atoms with Gasteiger partial charge in [0.05, 0.1) is 24.6 Å². The number of carbonyl (C=O) groups is 2. The fourth-order valence-electron chi connectivity index (χ4n) is 5.31. The number of hydrogen-bond donors (Lipinski definition) is 5. The number of carboxylic acid groups (broad SMARTS) is 1. The number of hydrogen-bond acceptors (Lipinski definition) is 7. The van der Waals surface area contributed by atoms with Crippen LogP contribution in [0.1, 0.15) is 33.9 Å². The number of benzene rings is 4. The van der Waals surface area contributed by atoms with Crippen LogP contribution in [-0.4, -0.2) is 50.3 Å². The van der Waals surface area contributed by atoms with Gasteiger partial charge in [0.25, 0.3) is 0 Å². The summed E-state index contributed by atoms with van der Waals surface area (Å²) in [5.41, 5.74) is 10.9. The van der Waals surface area contributed by atoms with E-state index in [1.807, 2.05) is 67.6 Å². The summed E-state index contributed by atoms with van der Waals surface area (Å²) in [6.07, 6.45) is -2.57. The first-order chi connectivity index (χ1) is 24.6. The monoisotopic (exact) mass is 768 g/mol. The van der Waals surface area contributed by atoms with Gasteiger partial charge in [-0.05, 0) is 66.1 Å². The van der Waals surface area contributed by atoms with E-state index < -0.39 is 22.0 Å². The number of rotatable bonds is 11. The van der Waals surface area contributed by atoms with Crippen molar-refractivity contribution in [1.29, 1.82) is 5.41 Å². The molecule has 0 aliphatic rings. The number of nitrogen functional groups attached to an aromatic ring is 1. The number of anilines is 1. The van der Waals surface area contributed by atoms with Crippen molar-refractivity contribution in [2.75, 3.05) is 18.1 Å². The van der Waals surface area contributed by atoms with Crippen LogP contribution in [0.25, 0.3) is 11.1 Å². The predicted octanol–water partition coefficient (Wildman–Crippen LogP) is 8.54. The van der Waals surface area contributed by atoms with Crippen molar-refractivity contribution in [2.24, 2.45) is 5.73 Å². The minimum atomic E-state index is -5.08. The molecule has 0 spiro atoms. The zero-order valence-electron chi connectivity index (χ0n) is 27.9. The Morgan fingerprint density at radius 3 is 2.04 bits per heavy atom. The fourth-order valence-corrected chi connectivity index (χ4v) is 9.22. The average molecular weight is 769 g/mol. The van der Waals surface area contributed by atoms with Crippen LogP contribution in [0.2, 0.25) is 0 Å². The Labute approximate surface area is 307 Å². The van der Waals surface area contributed by atoms with E-state index in [0.29, 0.717) is 33.3 Å². The molecular weight excluding hydrogens is 734 g/mol. The summed E-state index contributed by atoms with van der Waals surface area (Å²) in [6.45, 7) is 2.38. The summed E-state index contributed by atoms with van der Waals surface area (Å²) in [6, 6.07) is 33.9. The van der Waals surface area contributed by atoms with E-state index in [0.717, 1.165) is 11.1 Å². The van der Waals surface area contributed by atoms with E-state index >= 15 is 0 Å². The topological polar surface area (TPSA) is 162 Å². The van der Waals surface area contributed by atoms with Gasteiger partial charge in [-0.15, -0.1) is 23.1 Å². The SMILES string of the molecule is CSc1sc(C(=N)N)cc1S(=O)(=O)c1cccc(-c2c(C)cccc2NC(=O)NCCC(c2ccccc2)c2ccccc2)c1.O=C(O)C(F)(F)F. The minimum absolute atomic E-state index is 0.120. The van der Waals surface area contributed by atoms with Gasteiger partial charge in [-0.25, -0.2) is 18.0 Å². The first-order valence-electron chi connectivity index (χ1n) is 15.6. The third-order valence-electron chi connectivity index (χ3n) is 7.73. The molecule has 9 nitrogen and oxygen atoms in total. The summed E-state index contributed by atoms with van der Waals surface area (Å²) in [7, 11) is -3.90. The van der Waals surface area contributed by atoms with Gasteiger partial charge in [-0.3, -0.25) is 5.41 Å². The number of aliphatic carboxylic acids is 1. The minimum Gasteiger partial charge on any atom is -0.475 e. The highest BCUT2D eigenvalue weighted by Gasteiger charge is 2.38. The van der Waals surface area contributed by atoms with Crippen molar-refractivity contribution < 1.29 is 36.3 Å². The van der Waals surface area contributed by atoms with E-state index in [-0.39, 0.29) is 27.6 Å². The van der Waals surface area contributed by atoms with E-state index in [4.69, 9.17) is 21.0 Å². The number of amidine groups is 1. The van der Waals surface area contributed by atoms with E-state index in [1.165, 1.54) is 40.3 Å². The van der Waals surface area contributed by atoms with Crippen molar-refractivity contribution in [3.8, 4) is 11.1 Å². The van der Waals surface area contributed by atoms with Gasteiger partial charge in [0.2, 0.25) is 9.84 Å². The van der Waals surface area contributed by atoms with Crippen LogP contribution in [0.4, 0.5) is 23.7 Å². The number of aryl methyl sites for hydroxylation is 1. The molecule has 0 radical (unpaired) electrons. The quantitative estimate of drug-likeness (QED) is 0.0511. The lowest BCUT2D eigenvalue weighted by Crippen LogP contribution is -2.30. The van der Waals surface area contributed by atoms with Crippen LogP contribution in [0.3, 0.4) is 0 Å². The van der Waals surface area contributed by atoms with Crippen molar-refractivity contribution in [1.82, 2.24) is 5.32 Å². The Hall–Kier alpha value is -5.12. The number of halogens is 3. The number of nitrogens with two attached hydrogens (primary N) is 1. The smallest absolute Gasteiger partial charge is 0.475 e. The van der Waals surface area contributed by atoms with Gasteiger partial charge in [0.15, 0.2) is 0 Å². The van der Waals surface area contributed by atoms with Crippen LogP contribution in [0, 0.1) is 12.3 Å². The average Bonchev–Trinajstić information content (AvgIpc) is 3.57. The molecular formula is C37H35F3N4O5S3. The summed E-state index contributed by atoms with van der Waals surface area (Å²) < 4.78 is 59.8. The first-order valence-corrected chi connectivity index (χ1v) is 19.1. The largest absolute Gasteiger partial charge is 0.490 e. The highest BCUT2D eigenvalue weighted by Crippen LogP contribution is 2.39. The fraction of sp³-hybridized carbons (Fsp3) is 0.162. The normalized spacial score (nSPS) is 11.3. The number of amides is 2. The second-order valence-corrected chi connectivity index (χ2v) is 15.3. The number of carbonyl (C=O) groups excluding carboxylic acids is 1. The van der Waals surface area contributed by atoms with E-state index in [9.17, 15) is 26.4 Å². The summed E-state index contributed by atoms with van der Waals surface area (Å²) in [5, 5.41) is 20.9. The highest BCUT2D eigenvalue weighted by atomic mass is 32.2. The lowest BCUT2D eigenvalue weighted by atomic mass is 9.88. The maximum absolute atomic E-state index is 13.8. The molecule has 5 aromatic rings.